The van der Waals surface area contributed by atoms with Crippen LogP contribution in [0, 0.1) is 0 Å². The van der Waals surface area contributed by atoms with Gasteiger partial charge in [-0.2, -0.15) is 14.6 Å². The zero-order valence-corrected chi connectivity index (χ0v) is 12.1. The molecule has 3 aromatic heterocycles. The van der Waals surface area contributed by atoms with Crippen LogP contribution >= 0.6 is 23.1 Å². The lowest BCUT2D eigenvalue weighted by atomic mass is 9.97. The van der Waals surface area contributed by atoms with E-state index in [-0.39, 0.29) is 0 Å². The Morgan fingerprint density at radius 2 is 2.15 bits per heavy atom. The van der Waals surface area contributed by atoms with Crippen LogP contribution in [0.15, 0.2) is 15.7 Å². The highest BCUT2D eigenvalue weighted by Gasteiger charge is 2.21. The molecule has 0 spiro atoms. The number of aromatic nitrogens is 6. The summed E-state index contributed by atoms with van der Waals surface area (Å²) < 4.78 is 2.60. The predicted octanol–water partition coefficient (Wildman–Crippen LogP) is 1.59. The zero-order chi connectivity index (χ0) is 13.5. The van der Waals surface area contributed by atoms with Crippen LogP contribution in [0.4, 0.5) is 5.13 Å². The highest BCUT2D eigenvalue weighted by Crippen LogP contribution is 2.36. The van der Waals surface area contributed by atoms with E-state index in [9.17, 15) is 0 Å². The Morgan fingerprint density at radius 1 is 1.25 bits per heavy atom. The molecule has 9 heteroatoms. The minimum atomic E-state index is 0.477. The number of anilines is 1. The van der Waals surface area contributed by atoms with Crippen molar-refractivity contribution < 1.29 is 0 Å². The van der Waals surface area contributed by atoms with Gasteiger partial charge < -0.3 is 5.73 Å². The first-order chi connectivity index (χ1) is 9.81. The largest absolute Gasteiger partial charge is 0.374 e. The molecule has 0 aromatic carbocycles. The van der Waals surface area contributed by atoms with E-state index in [4.69, 9.17) is 5.73 Å². The molecule has 0 amide bonds. The molecule has 2 N–H and O–H groups in total. The van der Waals surface area contributed by atoms with Gasteiger partial charge in [-0.15, -0.1) is 10.2 Å². The quantitative estimate of drug-likeness (QED) is 0.718. The second kappa shape index (κ2) is 4.67. The van der Waals surface area contributed by atoms with Gasteiger partial charge in [-0.05, 0) is 37.4 Å². The van der Waals surface area contributed by atoms with Crippen LogP contribution < -0.4 is 5.73 Å². The van der Waals surface area contributed by atoms with Crippen molar-refractivity contribution >= 4 is 34.0 Å². The number of rotatable bonds is 2. The number of hydrogen-bond donors (Lipinski definition) is 1. The minimum absolute atomic E-state index is 0.477. The van der Waals surface area contributed by atoms with E-state index in [0.717, 1.165) is 27.9 Å². The summed E-state index contributed by atoms with van der Waals surface area (Å²) in [5.41, 5.74) is 8.04. The monoisotopic (exact) mass is 305 g/mol. The topological polar surface area (TPSA) is 94.9 Å². The Kier molecular flexibility index (Phi) is 2.81. The molecule has 0 fully saturated rings. The molecule has 20 heavy (non-hydrogen) atoms. The number of hydrogen-bond acceptors (Lipinski definition) is 8. The Labute approximate surface area is 122 Å². The fourth-order valence-electron chi connectivity index (χ4n) is 2.40. The zero-order valence-electron chi connectivity index (χ0n) is 10.5. The van der Waals surface area contributed by atoms with E-state index in [1.54, 1.807) is 16.3 Å². The van der Waals surface area contributed by atoms with Gasteiger partial charge in [0, 0.05) is 5.56 Å². The first kappa shape index (κ1) is 12.0. The fourth-order valence-corrected chi connectivity index (χ4v) is 4.20. The Balaban J connectivity index is 1.89. The van der Waals surface area contributed by atoms with Crippen LogP contribution in [-0.4, -0.2) is 29.8 Å². The third-order valence-corrected chi connectivity index (χ3v) is 5.18. The molecule has 0 aliphatic heterocycles. The summed E-state index contributed by atoms with van der Waals surface area (Å²) in [7, 11) is 0. The molecular weight excluding hydrogens is 294 g/mol. The number of fused-ring (bicyclic) bond motifs is 2. The minimum Gasteiger partial charge on any atom is -0.374 e. The van der Waals surface area contributed by atoms with Gasteiger partial charge >= 0.3 is 0 Å². The molecule has 0 unspecified atom stereocenters. The second-order valence-corrected chi connectivity index (χ2v) is 6.77. The van der Waals surface area contributed by atoms with Crippen LogP contribution in [0.5, 0.6) is 0 Å². The molecule has 3 heterocycles. The van der Waals surface area contributed by atoms with Crippen molar-refractivity contribution in [1.82, 2.24) is 29.8 Å². The molecule has 4 rings (SSSR count). The van der Waals surface area contributed by atoms with Crippen LogP contribution in [0.2, 0.25) is 0 Å². The second-order valence-electron chi connectivity index (χ2n) is 4.53. The molecule has 7 nitrogen and oxygen atoms in total. The average Bonchev–Trinajstić information content (AvgIpc) is 3.07. The molecule has 102 valence electrons. The summed E-state index contributed by atoms with van der Waals surface area (Å²) in [5, 5.41) is 13.7. The predicted molar refractivity (Wildman–Crippen MR) is 75.9 cm³/mol. The van der Waals surface area contributed by atoms with Crippen LogP contribution in [0.1, 0.15) is 24.1 Å². The number of nitrogens with zero attached hydrogens (tertiary/aromatic N) is 6. The van der Waals surface area contributed by atoms with Crippen LogP contribution in [0.25, 0.3) is 5.78 Å². The van der Waals surface area contributed by atoms with E-state index >= 15 is 0 Å². The maximum absolute atomic E-state index is 5.65. The number of nitrogen functional groups attached to an aromatic ring is 1. The molecule has 3 aromatic rings. The highest BCUT2D eigenvalue weighted by atomic mass is 32.2. The van der Waals surface area contributed by atoms with Gasteiger partial charge in [0.1, 0.15) is 11.4 Å². The van der Waals surface area contributed by atoms with Gasteiger partial charge in [0.05, 0.1) is 5.69 Å². The highest BCUT2D eigenvalue weighted by molar-refractivity contribution is 8.01. The van der Waals surface area contributed by atoms with Crippen molar-refractivity contribution in [2.24, 2.45) is 0 Å². The smallest absolute Gasteiger partial charge is 0.253 e. The summed E-state index contributed by atoms with van der Waals surface area (Å²) in [6.07, 6.45) is 5.92. The van der Waals surface area contributed by atoms with Crippen molar-refractivity contribution in [2.45, 2.75) is 35.0 Å². The van der Waals surface area contributed by atoms with Crippen molar-refractivity contribution in [3.63, 3.8) is 0 Å². The van der Waals surface area contributed by atoms with Gasteiger partial charge in [-0.3, -0.25) is 0 Å². The normalized spacial score (nSPS) is 14.6. The third-order valence-electron chi connectivity index (χ3n) is 3.26. The first-order valence-corrected chi connectivity index (χ1v) is 7.93. The fraction of sp³-hybridized carbons (Fsp3) is 0.364. The van der Waals surface area contributed by atoms with Gasteiger partial charge in [0.25, 0.3) is 5.78 Å². The van der Waals surface area contributed by atoms with Crippen LogP contribution in [-0.2, 0) is 12.8 Å². The molecule has 0 bridgehead atoms. The lowest BCUT2D eigenvalue weighted by Gasteiger charge is -2.17. The van der Waals surface area contributed by atoms with Gasteiger partial charge in [-0.25, -0.2) is 4.98 Å². The Hall–Kier alpha value is -1.74. The summed E-state index contributed by atoms with van der Waals surface area (Å²) in [6, 6.07) is 0. The standard InChI is InChI=1S/C11H11N7S2/c12-9-16-17-11(20-9)19-8-6-3-1-2-4-7(6)15-10-13-5-14-18(8)10/h5H,1-4H2,(H2,12,16). The van der Waals surface area contributed by atoms with Gasteiger partial charge in [0.2, 0.25) is 5.13 Å². The first-order valence-electron chi connectivity index (χ1n) is 6.29. The summed E-state index contributed by atoms with van der Waals surface area (Å²) in [5.74, 6) is 0.644. The van der Waals surface area contributed by atoms with Gasteiger partial charge in [0.15, 0.2) is 4.34 Å². The van der Waals surface area contributed by atoms with E-state index in [1.165, 1.54) is 36.1 Å². The molecule has 1 aliphatic rings. The van der Waals surface area contributed by atoms with Crippen molar-refractivity contribution in [3.05, 3.63) is 17.6 Å². The lowest BCUT2D eigenvalue weighted by Crippen LogP contribution is -2.11. The molecule has 0 atom stereocenters. The number of aryl methyl sites for hydroxylation is 1. The third kappa shape index (κ3) is 1.93. The molecular formula is C11H11N7S2. The molecule has 0 saturated heterocycles. The van der Waals surface area contributed by atoms with E-state index < -0.39 is 0 Å². The summed E-state index contributed by atoms with van der Waals surface area (Å²) in [6.45, 7) is 0. The lowest BCUT2D eigenvalue weighted by molar-refractivity contribution is 0.635. The SMILES string of the molecule is Nc1nnc(Sc2c3c(nc4ncnn24)CCCC3)s1. The van der Waals surface area contributed by atoms with E-state index in [0.29, 0.717) is 10.9 Å². The summed E-state index contributed by atoms with van der Waals surface area (Å²) >= 11 is 2.92. The van der Waals surface area contributed by atoms with Crippen molar-refractivity contribution in [2.75, 3.05) is 5.73 Å². The van der Waals surface area contributed by atoms with Crippen molar-refractivity contribution in [3.8, 4) is 0 Å². The Bertz CT molecular complexity index is 778. The van der Waals surface area contributed by atoms with Crippen LogP contribution in [0.3, 0.4) is 0 Å². The average molecular weight is 305 g/mol. The molecule has 0 radical (unpaired) electrons. The molecule has 1 aliphatic carbocycles. The summed E-state index contributed by atoms with van der Waals surface area (Å²) in [4.78, 5) is 8.81. The molecule has 0 saturated carbocycles. The van der Waals surface area contributed by atoms with Gasteiger partial charge in [-0.1, -0.05) is 11.3 Å². The maximum atomic E-state index is 5.65. The Morgan fingerprint density at radius 3 is 3.00 bits per heavy atom. The maximum Gasteiger partial charge on any atom is 0.253 e. The van der Waals surface area contributed by atoms with E-state index in [2.05, 4.69) is 25.3 Å². The van der Waals surface area contributed by atoms with Crippen molar-refractivity contribution in [1.29, 1.82) is 0 Å². The number of nitrogens with two attached hydrogens (primary N) is 1. The van der Waals surface area contributed by atoms with E-state index in [1.807, 2.05) is 0 Å².